The normalized spacial score (nSPS) is 24.3. The highest BCUT2D eigenvalue weighted by atomic mass is 32.2. The molecule has 5 nitrogen and oxygen atoms in total. The van der Waals surface area contributed by atoms with Crippen molar-refractivity contribution >= 4 is 17.7 Å². The van der Waals surface area contributed by atoms with Crippen molar-refractivity contribution in [1.82, 2.24) is 15.2 Å². The third kappa shape index (κ3) is 3.86. The number of fused-ring (bicyclic) bond motifs is 3. The number of pyridine rings is 1. The molecule has 2 bridgehead atoms. The van der Waals surface area contributed by atoms with E-state index < -0.39 is 0 Å². The first kappa shape index (κ1) is 17.4. The maximum Gasteiger partial charge on any atom is 0.251 e. The van der Waals surface area contributed by atoms with E-state index in [-0.39, 0.29) is 5.91 Å². The minimum atomic E-state index is 0.0332. The average molecular weight is 369 g/mol. The summed E-state index contributed by atoms with van der Waals surface area (Å²) in [6, 6.07) is 11.9. The standard InChI is InChI=1S/C20H23N3O2S/c1-25-19-12-17(6-9-21-19)26-16-4-2-15(3-5-16)20(24)22-18-13-23-10-7-14(18)8-11-23/h2-6,9,12,14,18H,7-8,10-11,13H2,1H3,(H,22,24). The molecule has 3 aliphatic rings. The Morgan fingerprint density at radius 2 is 1.96 bits per heavy atom. The summed E-state index contributed by atoms with van der Waals surface area (Å²) in [5.41, 5.74) is 0.720. The Morgan fingerprint density at radius 1 is 1.19 bits per heavy atom. The number of rotatable bonds is 5. The van der Waals surface area contributed by atoms with E-state index in [0.717, 1.165) is 21.9 Å². The third-order valence-corrected chi connectivity index (χ3v) is 6.24. The molecule has 1 N–H and O–H groups in total. The van der Waals surface area contributed by atoms with Gasteiger partial charge in [0.25, 0.3) is 5.91 Å². The van der Waals surface area contributed by atoms with Gasteiger partial charge in [-0.3, -0.25) is 4.79 Å². The van der Waals surface area contributed by atoms with Crippen molar-refractivity contribution in [2.45, 2.75) is 28.7 Å². The number of carbonyl (C=O) groups is 1. The van der Waals surface area contributed by atoms with Gasteiger partial charge in [-0.2, -0.15) is 0 Å². The summed E-state index contributed by atoms with van der Waals surface area (Å²) in [6.45, 7) is 3.36. The van der Waals surface area contributed by atoms with Crippen LogP contribution < -0.4 is 10.1 Å². The monoisotopic (exact) mass is 369 g/mol. The molecule has 0 spiro atoms. The fourth-order valence-electron chi connectivity index (χ4n) is 3.76. The number of piperidine rings is 3. The van der Waals surface area contributed by atoms with Crippen LogP contribution in [-0.2, 0) is 0 Å². The Labute approximate surface area is 158 Å². The van der Waals surface area contributed by atoms with Crippen LogP contribution in [-0.4, -0.2) is 48.6 Å². The van der Waals surface area contributed by atoms with Gasteiger partial charge in [-0.25, -0.2) is 4.98 Å². The lowest BCUT2D eigenvalue weighted by Crippen LogP contribution is -2.57. The Morgan fingerprint density at radius 3 is 2.62 bits per heavy atom. The zero-order chi connectivity index (χ0) is 17.9. The Hall–Kier alpha value is -2.05. The molecule has 136 valence electrons. The molecular formula is C20H23N3O2S. The van der Waals surface area contributed by atoms with E-state index >= 15 is 0 Å². The number of aromatic nitrogens is 1. The predicted molar refractivity (Wildman–Crippen MR) is 102 cm³/mol. The summed E-state index contributed by atoms with van der Waals surface area (Å²) in [6.07, 6.45) is 4.14. The number of carbonyl (C=O) groups excluding carboxylic acids is 1. The van der Waals surface area contributed by atoms with E-state index in [1.54, 1.807) is 25.1 Å². The molecule has 1 aromatic carbocycles. The van der Waals surface area contributed by atoms with Crippen molar-refractivity contribution < 1.29 is 9.53 Å². The van der Waals surface area contributed by atoms with Gasteiger partial charge in [0.1, 0.15) is 0 Å². The number of nitrogens with zero attached hydrogens (tertiary/aromatic N) is 2. The smallest absolute Gasteiger partial charge is 0.251 e. The zero-order valence-electron chi connectivity index (χ0n) is 14.9. The Balaban J connectivity index is 1.38. The first-order valence-corrected chi connectivity index (χ1v) is 9.84. The number of methoxy groups -OCH3 is 1. The van der Waals surface area contributed by atoms with Gasteiger partial charge in [-0.1, -0.05) is 11.8 Å². The summed E-state index contributed by atoms with van der Waals surface area (Å²) >= 11 is 1.62. The van der Waals surface area contributed by atoms with Crippen molar-refractivity contribution in [1.29, 1.82) is 0 Å². The van der Waals surface area contributed by atoms with E-state index in [0.29, 0.717) is 17.8 Å². The molecule has 4 heterocycles. The van der Waals surface area contributed by atoms with Crippen molar-refractivity contribution in [3.05, 3.63) is 48.2 Å². The van der Waals surface area contributed by atoms with Gasteiger partial charge in [0.2, 0.25) is 5.88 Å². The molecule has 0 saturated carbocycles. The van der Waals surface area contributed by atoms with Crippen LogP contribution in [0.4, 0.5) is 0 Å². The lowest BCUT2D eigenvalue weighted by atomic mass is 9.84. The predicted octanol–water partition coefficient (Wildman–Crippen LogP) is 3.07. The number of hydrogen-bond donors (Lipinski definition) is 1. The van der Waals surface area contributed by atoms with Gasteiger partial charge in [0.05, 0.1) is 7.11 Å². The minimum absolute atomic E-state index is 0.0332. The maximum absolute atomic E-state index is 12.6. The van der Waals surface area contributed by atoms with Crippen LogP contribution >= 0.6 is 11.8 Å². The molecule has 1 unspecified atom stereocenters. The van der Waals surface area contributed by atoms with Crippen molar-refractivity contribution in [3.63, 3.8) is 0 Å². The maximum atomic E-state index is 12.6. The third-order valence-electron chi connectivity index (χ3n) is 5.24. The Kier molecular flexibility index (Phi) is 5.13. The Bertz CT molecular complexity index is 773. The molecule has 3 saturated heterocycles. The van der Waals surface area contributed by atoms with Gasteiger partial charge in [-0.05, 0) is 62.2 Å². The zero-order valence-corrected chi connectivity index (χ0v) is 15.7. The highest BCUT2D eigenvalue weighted by Crippen LogP contribution is 2.30. The second-order valence-electron chi connectivity index (χ2n) is 6.88. The summed E-state index contributed by atoms with van der Waals surface area (Å²) in [7, 11) is 1.61. The van der Waals surface area contributed by atoms with Crippen LogP contribution in [0, 0.1) is 5.92 Å². The highest BCUT2D eigenvalue weighted by molar-refractivity contribution is 7.99. The molecule has 0 radical (unpaired) electrons. The SMILES string of the molecule is COc1cc(Sc2ccc(C(=O)NC3CN4CCC3CC4)cc2)ccn1. The van der Waals surface area contributed by atoms with Crippen LogP contribution in [0.1, 0.15) is 23.2 Å². The van der Waals surface area contributed by atoms with Crippen molar-refractivity contribution in [2.75, 3.05) is 26.7 Å². The number of benzene rings is 1. The molecule has 0 aliphatic carbocycles. The molecule has 6 heteroatoms. The van der Waals surface area contributed by atoms with Crippen LogP contribution in [0.25, 0.3) is 0 Å². The van der Waals surface area contributed by atoms with E-state index in [1.807, 2.05) is 36.4 Å². The largest absolute Gasteiger partial charge is 0.481 e. The van der Waals surface area contributed by atoms with Gasteiger partial charge in [0, 0.05) is 40.2 Å². The molecule has 1 atom stereocenters. The minimum Gasteiger partial charge on any atom is -0.481 e. The molecular weight excluding hydrogens is 346 g/mol. The van der Waals surface area contributed by atoms with E-state index in [2.05, 4.69) is 15.2 Å². The quantitative estimate of drug-likeness (QED) is 0.878. The molecule has 3 fully saturated rings. The number of ether oxygens (including phenoxy) is 1. The first-order valence-electron chi connectivity index (χ1n) is 9.02. The van der Waals surface area contributed by atoms with E-state index in [4.69, 9.17) is 4.74 Å². The van der Waals surface area contributed by atoms with Crippen LogP contribution in [0.15, 0.2) is 52.4 Å². The van der Waals surface area contributed by atoms with Crippen LogP contribution in [0.5, 0.6) is 5.88 Å². The van der Waals surface area contributed by atoms with Gasteiger partial charge >= 0.3 is 0 Å². The second kappa shape index (κ2) is 7.68. The lowest BCUT2D eigenvalue weighted by molar-refractivity contribution is 0.0620. The fraction of sp³-hybridized carbons (Fsp3) is 0.400. The second-order valence-corrected chi connectivity index (χ2v) is 8.03. The van der Waals surface area contributed by atoms with Crippen LogP contribution in [0.2, 0.25) is 0 Å². The molecule has 26 heavy (non-hydrogen) atoms. The molecule has 2 aromatic rings. The summed E-state index contributed by atoms with van der Waals surface area (Å²) in [5, 5.41) is 3.24. The molecule has 1 amide bonds. The summed E-state index contributed by atoms with van der Waals surface area (Å²) in [4.78, 5) is 21.3. The summed E-state index contributed by atoms with van der Waals surface area (Å²) < 4.78 is 5.16. The van der Waals surface area contributed by atoms with Crippen molar-refractivity contribution in [3.8, 4) is 5.88 Å². The first-order chi connectivity index (χ1) is 12.7. The van der Waals surface area contributed by atoms with Crippen molar-refractivity contribution in [2.24, 2.45) is 5.92 Å². The van der Waals surface area contributed by atoms with Gasteiger partial charge in [-0.15, -0.1) is 0 Å². The fourth-order valence-corrected chi connectivity index (χ4v) is 4.59. The molecule has 3 aliphatic heterocycles. The van der Waals surface area contributed by atoms with Crippen LogP contribution in [0.3, 0.4) is 0 Å². The average Bonchev–Trinajstić information content (AvgIpc) is 2.69. The van der Waals surface area contributed by atoms with E-state index in [1.165, 1.54) is 25.9 Å². The highest BCUT2D eigenvalue weighted by Gasteiger charge is 2.34. The van der Waals surface area contributed by atoms with Gasteiger partial charge in [0.15, 0.2) is 0 Å². The van der Waals surface area contributed by atoms with E-state index in [9.17, 15) is 4.79 Å². The molecule has 1 aromatic heterocycles. The van der Waals surface area contributed by atoms with Gasteiger partial charge < -0.3 is 15.0 Å². The topological polar surface area (TPSA) is 54.5 Å². The number of nitrogens with one attached hydrogen (secondary N) is 1. The summed E-state index contributed by atoms with van der Waals surface area (Å²) in [5.74, 6) is 1.27. The number of hydrogen-bond acceptors (Lipinski definition) is 5. The lowest BCUT2D eigenvalue weighted by Gasteiger charge is -2.44. The molecule has 5 rings (SSSR count). The number of amides is 1.